The van der Waals surface area contributed by atoms with Gasteiger partial charge in [0.15, 0.2) is 11.6 Å². The van der Waals surface area contributed by atoms with Crippen LogP contribution in [0.25, 0.3) is 10.8 Å². The zero-order chi connectivity index (χ0) is 19.0. The largest absolute Gasteiger partial charge is 0.333 e. The molecule has 5 nitrogen and oxygen atoms in total. The Balaban J connectivity index is 2.04. The number of nitrogens with zero attached hydrogens (tertiary/aromatic N) is 2. The molecule has 1 unspecified atom stereocenters. The minimum absolute atomic E-state index is 0.0342. The topological polar surface area (TPSA) is 66.1 Å². The second-order valence-corrected chi connectivity index (χ2v) is 6.29. The molecule has 1 aromatic heterocycles. The van der Waals surface area contributed by atoms with Gasteiger partial charge in [-0.3, -0.25) is 9.59 Å². The standard InChI is InChI=1S/C18H14ClF2N3O2/c1-9(24(2)18(26)10-3-5-11(19)6-4-10)16-12-7-14(20)15(21)8-13(12)17(25)23-22-16/h3-9H,1-2H3,(H,23,25). The lowest BCUT2D eigenvalue weighted by Crippen LogP contribution is -2.31. The fraction of sp³-hybridized carbons (Fsp3) is 0.167. The number of halogens is 3. The van der Waals surface area contributed by atoms with Crippen molar-refractivity contribution in [3.8, 4) is 0 Å². The highest BCUT2D eigenvalue weighted by atomic mass is 35.5. The van der Waals surface area contributed by atoms with Crippen molar-refractivity contribution in [2.45, 2.75) is 13.0 Å². The Bertz CT molecular complexity index is 1050. The molecular weight excluding hydrogens is 364 g/mol. The van der Waals surface area contributed by atoms with Crippen molar-refractivity contribution in [2.24, 2.45) is 0 Å². The number of amides is 1. The molecule has 1 heterocycles. The van der Waals surface area contributed by atoms with Gasteiger partial charge in [-0.2, -0.15) is 5.10 Å². The summed E-state index contributed by atoms with van der Waals surface area (Å²) >= 11 is 5.83. The van der Waals surface area contributed by atoms with Crippen LogP contribution >= 0.6 is 11.6 Å². The van der Waals surface area contributed by atoms with Gasteiger partial charge in [-0.15, -0.1) is 0 Å². The number of fused-ring (bicyclic) bond motifs is 1. The number of H-pyrrole nitrogens is 1. The summed E-state index contributed by atoms with van der Waals surface area (Å²) in [5.74, 6) is -2.53. The van der Waals surface area contributed by atoms with E-state index in [-0.39, 0.29) is 22.4 Å². The van der Waals surface area contributed by atoms with Gasteiger partial charge in [-0.1, -0.05) is 11.6 Å². The maximum Gasteiger partial charge on any atom is 0.272 e. The van der Waals surface area contributed by atoms with E-state index in [1.54, 1.807) is 38.2 Å². The minimum atomic E-state index is -1.13. The molecule has 26 heavy (non-hydrogen) atoms. The number of benzene rings is 2. The van der Waals surface area contributed by atoms with Gasteiger partial charge in [0.25, 0.3) is 11.5 Å². The third-order valence-electron chi connectivity index (χ3n) is 4.25. The minimum Gasteiger partial charge on any atom is -0.333 e. The zero-order valence-corrected chi connectivity index (χ0v) is 14.6. The third-order valence-corrected chi connectivity index (χ3v) is 4.50. The Morgan fingerprint density at radius 3 is 2.35 bits per heavy atom. The summed E-state index contributed by atoms with van der Waals surface area (Å²) in [6.45, 7) is 1.68. The average molecular weight is 378 g/mol. The van der Waals surface area contributed by atoms with Crippen molar-refractivity contribution in [2.75, 3.05) is 7.05 Å². The lowest BCUT2D eigenvalue weighted by molar-refractivity contribution is 0.0740. The molecule has 0 spiro atoms. The van der Waals surface area contributed by atoms with Crippen LogP contribution in [0.4, 0.5) is 8.78 Å². The van der Waals surface area contributed by atoms with E-state index in [0.29, 0.717) is 10.6 Å². The van der Waals surface area contributed by atoms with Gasteiger partial charge in [0.05, 0.1) is 17.1 Å². The van der Waals surface area contributed by atoms with E-state index in [2.05, 4.69) is 10.2 Å². The summed E-state index contributed by atoms with van der Waals surface area (Å²) in [5, 5.41) is 6.83. The molecule has 0 radical (unpaired) electrons. The summed E-state index contributed by atoms with van der Waals surface area (Å²) in [6, 6.07) is 7.49. The first-order chi connectivity index (χ1) is 12.3. The molecule has 1 atom stereocenters. The average Bonchev–Trinajstić information content (AvgIpc) is 2.62. The number of hydrogen-bond donors (Lipinski definition) is 1. The highest BCUT2D eigenvalue weighted by Crippen LogP contribution is 2.26. The van der Waals surface area contributed by atoms with Gasteiger partial charge >= 0.3 is 0 Å². The quantitative estimate of drug-likeness (QED) is 0.757. The van der Waals surface area contributed by atoms with Crippen LogP contribution in [0.2, 0.25) is 5.02 Å². The van der Waals surface area contributed by atoms with Gasteiger partial charge in [0.2, 0.25) is 0 Å². The fourth-order valence-corrected chi connectivity index (χ4v) is 2.78. The van der Waals surface area contributed by atoms with Crippen LogP contribution in [0.15, 0.2) is 41.2 Å². The second kappa shape index (κ2) is 6.84. The van der Waals surface area contributed by atoms with Crippen LogP contribution in [0, 0.1) is 11.6 Å². The number of aromatic nitrogens is 2. The van der Waals surface area contributed by atoms with Crippen molar-refractivity contribution in [1.29, 1.82) is 0 Å². The molecule has 0 saturated heterocycles. The predicted octanol–water partition coefficient (Wildman–Crippen LogP) is 3.69. The first-order valence-corrected chi connectivity index (χ1v) is 8.07. The molecule has 2 aromatic carbocycles. The normalized spacial score (nSPS) is 12.2. The maximum absolute atomic E-state index is 13.7. The Hall–Kier alpha value is -2.80. The van der Waals surface area contributed by atoms with Crippen LogP contribution in [0.3, 0.4) is 0 Å². The van der Waals surface area contributed by atoms with Gasteiger partial charge in [0, 0.05) is 23.0 Å². The molecule has 1 N–H and O–H groups in total. The van der Waals surface area contributed by atoms with Gasteiger partial charge in [-0.05, 0) is 43.3 Å². The van der Waals surface area contributed by atoms with Crippen molar-refractivity contribution < 1.29 is 13.6 Å². The van der Waals surface area contributed by atoms with Crippen LogP contribution in [-0.4, -0.2) is 28.1 Å². The molecule has 0 fully saturated rings. The molecule has 3 rings (SSSR count). The summed E-state index contributed by atoms with van der Waals surface area (Å²) in [5.41, 5.74) is 0.0274. The Morgan fingerprint density at radius 1 is 1.15 bits per heavy atom. The monoisotopic (exact) mass is 377 g/mol. The number of carbonyl (C=O) groups is 1. The van der Waals surface area contributed by atoms with E-state index >= 15 is 0 Å². The number of hydrogen-bond acceptors (Lipinski definition) is 3. The summed E-state index contributed by atoms with van der Waals surface area (Å²) in [6.07, 6.45) is 0. The van der Waals surface area contributed by atoms with E-state index in [4.69, 9.17) is 11.6 Å². The van der Waals surface area contributed by atoms with E-state index in [1.807, 2.05) is 0 Å². The summed E-state index contributed by atoms with van der Waals surface area (Å²) < 4.78 is 27.2. The summed E-state index contributed by atoms with van der Waals surface area (Å²) in [7, 11) is 1.56. The molecule has 0 bridgehead atoms. The Morgan fingerprint density at radius 2 is 1.73 bits per heavy atom. The lowest BCUT2D eigenvalue weighted by Gasteiger charge is -2.25. The predicted molar refractivity (Wildman–Crippen MR) is 94.2 cm³/mol. The van der Waals surface area contributed by atoms with Crippen molar-refractivity contribution in [1.82, 2.24) is 15.1 Å². The van der Waals surface area contributed by atoms with E-state index in [9.17, 15) is 18.4 Å². The number of aromatic amines is 1. The number of carbonyl (C=O) groups excluding carboxylic acids is 1. The highest BCUT2D eigenvalue weighted by Gasteiger charge is 2.23. The number of rotatable bonds is 3. The molecule has 1 amide bonds. The number of nitrogens with one attached hydrogen (secondary N) is 1. The van der Waals surface area contributed by atoms with E-state index in [1.165, 1.54) is 4.90 Å². The highest BCUT2D eigenvalue weighted by molar-refractivity contribution is 6.30. The molecule has 0 aliphatic rings. The second-order valence-electron chi connectivity index (χ2n) is 5.85. The van der Waals surface area contributed by atoms with E-state index in [0.717, 1.165) is 12.1 Å². The van der Waals surface area contributed by atoms with Gasteiger partial charge in [-0.25, -0.2) is 13.9 Å². The zero-order valence-electron chi connectivity index (χ0n) is 13.9. The SMILES string of the molecule is CC(c1n[nH]c(=O)c2cc(F)c(F)cc12)N(C)C(=O)c1ccc(Cl)cc1. The molecule has 0 saturated carbocycles. The van der Waals surface area contributed by atoms with Gasteiger partial charge in [0.1, 0.15) is 0 Å². The molecule has 0 aliphatic heterocycles. The third kappa shape index (κ3) is 3.17. The first-order valence-electron chi connectivity index (χ1n) is 7.69. The van der Waals surface area contributed by atoms with Gasteiger partial charge < -0.3 is 4.90 Å². The van der Waals surface area contributed by atoms with Crippen molar-refractivity contribution >= 4 is 28.3 Å². The lowest BCUT2D eigenvalue weighted by atomic mass is 10.0. The molecule has 8 heteroatoms. The van der Waals surface area contributed by atoms with Crippen LogP contribution < -0.4 is 5.56 Å². The molecule has 3 aromatic rings. The van der Waals surface area contributed by atoms with Crippen molar-refractivity contribution in [3.63, 3.8) is 0 Å². The maximum atomic E-state index is 13.7. The molecule has 134 valence electrons. The Kier molecular flexibility index (Phi) is 4.73. The molecular formula is C18H14ClF2N3O2. The van der Waals surface area contributed by atoms with Crippen LogP contribution in [-0.2, 0) is 0 Å². The first kappa shape index (κ1) is 18.0. The van der Waals surface area contributed by atoms with Crippen LogP contribution in [0.5, 0.6) is 0 Å². The van der Waals surface area contributed by atoms with E-state index < -0.39 is 23.2 Å². The fourth-order valence-electron chi connectivity index (χ4n) is 2.65. The smallest absolute Gasteiger partial charge is 0.272 e. The van der Waals surface area contributed by atoms with Crippen molar-refractivity contribution in [3.05, 3.63) is 74.7 Å². The van der Waals surface area contributed by atoms with Crippen LogP contribution in [0.1, 0.15) is 29.0 Å². The summed E-state index contributed by atoms with van der Waals surface area (Å²) in [4.78, 5) is 25.9. The Labute approximate surface area is 152 Å². The molecule has 0 aliphatic carbocycles.